The number of aliphatic hydroxyl groups is 1. The summed E-state index contributed by atoms with van der Waals surface area (Å²) >= 11 is 3.72. The Balaban J connectivity index is 0. The first kappa shape index (κ1) is 11.1. The zero-order chi connectivity index (χ0) is 4.99. The summed E-state index contributed by atoms with van der Waals surface area (Å²) in [5, 5.41) is 8.37. The molecule has 0 heterocycles. The fraction of sp³-hybridized carbons (Fsp3) is 1.00. The molecule has 1 N–H and O–H groups in total. The van der Waals surface area contributed by atoms with Gasteiger partial charge in [0, 0.05) is 12.9 Å². The summed E-state index contributed by atoms with van der Waals surface area (Å²) in [7, 11) is 1.43. The molecule has 7 heavy (non-hydrogen) atoms. The van der Waals surface area contributed by atoms with Crippen molar-refractivity contribution in [1.82, 2.24) is 0 Å². The summed E-state index contributed by atoms with van der Waals surface area (Å²) in [5.41, 5.74) is 0. The Labute approximate surface area is 70.9 Å². The first-order chi connectivity index (χ1) is 2.81. The number of aliphatic hydroxyl groups excluding tert-OH is 1. The maximum absolute atomic E-state index is 8.37. The molecule has 0 saturated heterocycles. The van der Waals surface area contributed by atoms with Crippen LogP contribution in [0, 0.1) is 0 Å². The predicted octanol–water partition coefficient (Wildman–Crippen LogP) is -0.768. The van der Waals surface area contributed by atoms with Crippen molar-refractivity contribution in [3.05, 3.63) is 0 Å². The molecule has 0 aliphatic rings. The molecule has 1 unspecified atom stereocenters. The van der Waals surface area contributed by atoms with Gasteiger partial charge in [-0.1, -0.05) is 0 Å². The van der Waals surface area contributed by atoms with Gasteiger partial charge < -0.3 is 9.84 Å². The van der Waals surface area contributed by atoms with Crippen LogP contribution >= 0.6 is 12.6 Å². The van der Waals surface area contributed by atoms with Crippen LogP contribution < -0.4 is 0 Å². The Morgan fingerprint density at radius 2 is 2.29 bits per heavy atom. The number of methoxy groups -OCH3 is 1. The van der Waals surface area contributed by atoms with E-state index in [0.717, 1.165) is 0 Å². The SMILES string of the molecule is COC(O)CS.[NaH]. The van der Waals surface area contributed by atoms with Crippen LogP contribution in [-0.4, -0.2) is 53.8 Å². The van der Waals surface area contributed by atoms with Crippen molar-refractivity contribution < 1.29 is 9.84 Å². The molecule has 0 aromatic rings. The molecule has 1 atom stereocenters. The number of hydrogen-bond donors (Lipinski definition) is 2. The third-order valence-corrected chi connectivity index (χ3v) is 0.741. The monoisotopic (exact) mass is 132 g/mol. The van der Waals surface area contributed by atoms with Gasteiger partial charge in [0.1, 0.15) is 0 Å². The van der Waals surface area contributed by atoms with Crippen LogP contribution in [0.4, 0.5) is 0 Å². The molecule has 0 aliphatic carbocycles. The van der Waals surface area contributed by atoms with Crippen LogP contribution in [0.3, 0.4) is 0 Å². The topological polar surface area (TPSA) is 29.5 Å². The molecule has 0 aliphatic heterocycles. The molecule has 0 fully saturated rings. The third kappa shape index (κ3) is 7.27. The van der Waals surface area contributed by atoms with Gasteiger partial charge >= 0.3 is 29.6 Å². The summed E-state index contributed by atoms with van der Waals surface area (Å²) in [6.07, 6.45) is -0.701. The fourth-order valence-corrected chi connectivity index (χ4v) is 0.224. The van der Waals surface area contributed by atoms with Gasteiger partial charge in [-0.15, -0.1) is 0 Å². The average Bonchev–Trinajstić information content (AvgIpc) is 1.65. The number of hydrogen-bond acceptors (Lipinski definition) is 3. The van der Waals surface area contributed by atoms with E-state index in [-0.39, 0.29) is 29.6 Å². The molecule has 0 aromatic carbocycles. The van der Waals surface area contributed by atoms with Crippen molar-refractivity contribution in [2.24, 2.45) is 0 Å². The van der Waals surface area contributed by atoms with Gasteiger partial charge in [0.15, 0.2) is 6.29 Å². The average molecular weight is 132 g/mol. The molecule has 2 nitrogen and oxygen atoms in total. The van der Waals surface area contributed by atoms with Crippen LogP contribution in [0.15, 0.2) is 0 Å². The number of thiol groups is 1. The minimum absolute atomic E-state index is 0. The summed E-state index contributed by atoms with van der Waals surface area (Å²) in [5.74, 6) is 0.358. The van der Waals surface area contributed by atoms with E-state index in [0.29, 0.717) is 5.75 Å². The molecular formula is C3H9NaO2S. The van der Waals surface area contributed by atoms with Crippen LogP contribution in [0.5, 0.6) is 0 Å². The Morgan fingerprint density at radius 3 is 2.29 bits per heavy atom. The summed E-state index contributed by atoms with van der Waals surface area (Å²) in [4.78, 5) is 0. The quantitative estimate of drug-likeness (QED) is 0.293. The summed E-state index contributed by atoms with van der Waals surface area (Å²) < 4.78 is 4.38. The van der Waals surface area contributed by atoms with Crippen molar-refractivity contribution in [1.29, 1.82) is 0 Å². The van der Waals surface area contributed by atoms with Crippen molar-refractivity contribution in [2.45, 2.75) is 6.29 Å². The summed E-state index contributed by atoms with van der Waals surface area (Å²) in [6, 6.07) is 0. The van der Waals surface area contributed by atoms with E-state index in [2.05, 4.69) is 17.4 Å². The van der Waals surface area contributed by atoms with Crippen molar-refractivity contribution >= 4 is 42.2 Å². The van der Waals surface area contributed by atoms with Gasteiger partial charge in [-0.05, 0) is 0 Å². The Morgan fingerprint density at radius 1 is 1.86 bits per heavy atom. The third-order valence-electron chi connectivity index (χ3n) is 0.428. The maximum atomic E-state index is 8.37. The van der Waals surface area contributed by atoms with Gasteiger partial charge in [-0.2, -0.15) is 12.6 Å². The first-order valence-corrected chi connectivity index (χ1v) is 2.26. The number of rotatable bonds is 2. The first-order valence-electron chi connectivity index (χ1n) is 1.63. The van der Waals surface area contributed by atoms with E-state index < -0.39 is 6.29 Å². The molecular weight excluding hydrogens is 123 g/mol. The zero-order valence-electron chi connectivity index (χ0n) is 3.59. The second-order valence-electron chi connectivity index (χ2n) is 0.873. The molecule has 0 aromatic heterocycles. The van der Waals surface area contributed by atoms with Gasteiger partial charge in [0.2, 0.25) is 0 Å². The van der Waals surface area contributed by atoms with Crippen LogP contribution in [0.2, 0.25) is 0 Å². The Bertz CT molecular complexity index is 32.1. The van der Waals surface area contributed by atoms with E-state index in [1.807, 2.05) is 0 Å². The van der Waals surface area contributed by atoms with E-state index in [9.17, 15) is 0 Å². The fourth-order valence-electron chi connectivity index (χ4n) is 0.0745. The van der Waals surface area contributed by atoms with Gasteiger partial charge in [-0.3, -0.25) is 0 Å². The van der Waals surface area contributed by atoms with Gasteiger partial charge in [-0.25, -0.2) is 0 Å². The van der Waals surface area contributed by atoms with Crippen LogP contribution in [0.1, 0.15) is 0 Å². The Hall–Kier alpha value is 1.27. The standard InChI is InChI=1S/C3H8O2S.Na.H/c1-5-3(4)2-6;;/h3-4,6H,2H2,1H3;;. The molecule has 0 radical (unpaired) electrons. The molecule has 0 amide bonds. The van der Waals surface area contributed by atoms with Crippen molar-refractivity contribution in [3.8, 4) is 0 Å². The zero-order valence-corrected chi connectivity index (χ0v) is 4.48. The minimum atomic E-state index is -0.701. The molecule has 0 saturated carbocycles. The van der Waals surface area contributed by atoms with Gasteiger partial charge in [0.05, 0.1) is 0 Å². The van der Waals surface area contributed by atoms with Crippen molar-refractivity contribution in [2.75, 3.05) is 12.9 Å². The predicted molar refractivity (Wildman–Crippen MR) is 34.0 cm³/mol. The molecule has 0 rings (SSSR count). The van der Waals surface area contributed by atoms with E-state index in [1.165, 1.54) is 7.11 Å². The van der Waals surface area contributed by atoms with E-state index in [4.69, 9.17) is 5.11 Å². The Kier molecular flexibility index (Phi) is 11.5. The molecule has 0 spiro atoms. The van der Waals surface area contributed by atoms with Crippen molar-refractivity contribution in [3.63, 3.8) is 0 Å². The molecule has 40 valence electrons. The normalized spacial score (nSPS) is 12.4. The van der Waals surface area contributed by atoms with E-state index in [1.54, 1.807) is 0 Å². The second-order valence-corrected chi connectivity index (χ2v) is 1.24. The van der Waals surface area contributed by atoms with E-state index >= 15 is 0 Å². The second kappa shape index (κ2) is 7.27. The van der Waals surface area contributed by atoms with Crippen LogP contribution in [-0.2, 0) is 4.74 Å². The molecule has 4 heteroatoms. The van der Waals surface area contributed by atoms with Gasteiger partial charge in [0.25, 0.3) is 0 Å². The number of ether oxygens (including phenoxy) is 1. The van der Waals surface area contributed by atoms with Crippen LogP contribution in [0.25, 0.3) is 0 Å². The summed E-state index contributed by atoms with van der Waals surface area (Å²) in [6.45, 7) is 0. The molecule has 0 bridgehead atoms.